The predicted octanol–water partition coefficient (Wildman–Crippen LogP) is 25.8. The summed E-state index contributed by atoms with van der Waals surface area (Å²) < 4.78 is 68.8. The van der Waals surface area contributed by atoms with Crippen LogP contribution < -0.4 is 0 Å². The lowest BCUT2D eigenvalue weighted by molar-refractivity contribution is -0.161. The van der Waals surface area contributed by atoms with Crippen molar-refractivity contribution in [1.29, 1.82) is 0 Å². The van der Waals surface area contributed by atoms with Crippen LogP contribution in [0, 0.1) is 11.8 Å². The molecule has 0 saturated carbocycles. The zero-order chi connectivity index (χ0) is 77.1. The van der Waals surface area contributed by atoms with Crippen molar-refractivity contribution in [3.63, 3.8) is 0 Å². The fraction of sp³-hybridized carbons (Fsp3) is 0.907. The van der Waals surface area contributed by atoms with Gasteiger partial charge in [-0.2, -0.15) is 0 Å². The van der Waals surface area contributed by atoms with Gasteiger partial charge in [-0.1, -0.05) is 380 Å². The van der Waals surface area contributed by atoms with Crippen LogP contribution in [0.15, 0.2) is 24.3 Å². The number of rotatable bonds is 83. The summed E-state index contributed by atoms with van der Waals surface area (Å²) in [6.07, 6.45) is 71.8. The zero-order valence-corrected chi connectivity index (χ0v) is 70.3. The number of unbranched alkanes of at least 4 members (excludes halogenated alkanes) is 49. The molecule has 6 atom stereocenters. The molecule has 0 amide bonds. The third kappa shape index (κ3) is 78.0. The summed E-state index contributed by atoms with van der Waals surface area (Å²) in [5.41, 5.74) is 0. The minimum atomic E-state index is -4.97. The largest absolute Gasteiger partial charge is 0.472 e. The first-order valence-electron chi connectivity index (χ1n) is 43.8. The Morgan fingerprint density at radius 3 is 0.857 bits per heavy atom. The Labute approximate surface area is 643 Å². The number of carbonyl (C=O) groups excluding carboxylic acids is 4. The van der Waals surface area contributed by atoms with Crippen LogP contribution in [0.1, 0.15) is 433 Å². The molecule has 0 fully saturated rings. The van der Waals surface area contributed by atoms with Crippen LogP contribution in [0.25, 0.3) is 0 Å². The van der Waals surface area contributed by atoms with E-state index in [1.165, 1.54) is 231 Å². The molecule has 620 valence electrons. The van der Waals surface area contributed by atoms with E-state index in [-0.39, 0.29) is 25.7 Å². The molecule has 0 heterocycles. The Morgan fingerprint density at radius 2 is 0.562 bits per heavy atom. The molecule has 3 unspecified atom stereocenters. The molecule has 0 bridgehead atoms. The van der Waals surface area contributed by atoms with Gasteiger partial charge in [-0.25, -0.2) is 9.13 Å². The van der Waals surface area contributed by atoms with E-state index in [0.29, 0.717) is 25.7 Å². The molecule has 0 aromatic rings. The van der Waals surface area contributed by atoms with Crippen molar-refractivity contribution >= 4 is 39.5 Å². The number of carbonyl (C=O) groups is 4. The third-order valence-electron chi connectivity index (χ3n) is 19.9. The molecule has 0 aliphatic rings. The van der Waals surface area contributed by atoms with E-state index >= 15 is 0 Å². The van der Waals surface area contributed by atoms with Crippen molar-refractivity contribution in [3.05, 3.63) is 24.3 Å². The predicted molar refractivity (Wildman–Crippen MR) is 432 cm³/mol. The molecule has 0 aromatic carbocycles. The third-order valence-corrected chi connectivity index (χ3v) is 21.8. The van der Waals surface area contributed by atoms with Gasteiger partial charge in [0.05, 0.1) is 26.4 Å². The van der Waals surface area contributed by atoms with Gasteiger partial charge in [-0.15, -0.1) is 0 Å². The lowest BCUT2D eigenvalue weighted by Gasteiger charge is -2.21. The van der Waals surface area contributed by atoms with Crippen LogP contribution in [0.3, 0.4) is 0 Å². The second kappa shape index (κ2) is 76.9. The van der Waals surface area contributed by atoms with Crippen LogP contribution in [0.4, 0.5) is 0 Å². The Kier molecular flexibility index (Phi) is 75.1. The van der Waals surface area contributed by atoms with Gasteiger partial charge in [0.1, 0.15) is 19.3 Å². The monoisotopic (exact) mass is 1530 g/mol. The van der Waals surface area contributed by atoms with Crippen LogP contribution >= 0.6 is 15.6 Å². The second-order valence-electron chi connectivity index (χ2n) is 31.0. The molecular formula is C86H164O17P2. The number of ether oxygens (including phenoxy) is 4. The number of esters is 4. The summed E-state index contributed by atoms with van der Waals surface area (Å²) >= 11 is 0. The topological polar surface area (TPSA) is 237 Å². The van der Waals surface area contributed by atoms with Crippen LogP contribution in [0.2, 0.25) is 0 Å². The molecule has 0 rings (SSSR count). The SMILES string of the molecule is CCCCCC/C=C\C=C/CCCCCCCC(=O)O[C@H](COC(=O)CCCCCCCCC(C)CC)COP(=O)(O)OC[C@H](O)COP(=O)(O)OC[C@@H](COC(=O)CCCCCCCCCCCCCCCCCC(C)C)OC(=O)CCCCCCCCCCCCCCCCCCCCCCCC. The summed E-state index contributed by atoms with van der Waals surface area (Å²) in [7, 11) is -9.94. The highest BCUT2D eigenvalue weighted by Crippen LogP contribution is 2.45. The first kappa shape index (κ1) is 103. The van der Waals surface area contributed by atoms with Crippen molar-refractivity contribution in [3.8, 4) is 0 Å². The highest BCUT2D eigenvalue weighted by atomic mass is 31.2. The average Bonchev–Trinajstić information content (AvgIpc) is 0.937. The molecule has 0 aliphatic carbocycles. The molecule has 0 spiro atoms. The van der Waals surface area contributed by atoms with Crippen molar-refractivity contribution in [2.45, 2.75) is 452 Å². The molecule has 0 saturated heterocycles. The van der Waals surface area contributed by atoms with Gasteiger partial charge >= 0.3 is 39.5 Å². The van der Waals surface area contributed by atoms with Gasteiger partial charge < -0.3 is 33.8 Å². The summed E-state index contributed by atoms with van der Waals surface area (Å²) in [5, 5.41) is 10.7. The Hall–Kier alpha value is -2.46. The summed E-state index contributed by atoms with van der Waals surface area (Å²) in [6.45, 7) is 9.58. The van der Waals surface area contributed by atoms with E-state index in [1.807, 2.05) is 0 Å². The normalized spacial score (nSPS) is 14.2. The second-order valence-corrected chi connectivity index (χ2v) is 33.9. The van der Waals surface area contributed by atoms with Crippen LogP contribution in [0.5, 0.6) is 0 Å². The van der Waals surface area contributed by atoms with E-state index in [2.05, 4.69) is 65.8 Å². The van der Waals surface area contributed by atoms with E-state index < -0.39 is 97.5 Å². The number of aliphatic hydroxyl groups is 1. The maximum absolute atomic E-state index is 13.1. The van der Waals surface area contributed by atoms with Gasteiger partial charge in [0.2, 0.25) is 0 Å². The molecular weight excluding hydrogens is 1370 g/mol. The quantitative estimate of drug-likeness (QED) is 0.0169. The number of hydrogen-bond donors (Lipinski definition) is 3. The lowest BCUT2D eigenvalue weighted by Crippen LogP contribution is -2.30. The first-order chi connectivity index (χ1) is 50.9. The summed E-state index contributed by atoms with van der Waals surface area (Å²) in [5.74, 6) is -0.604. The Morgan fingerprint density at radius 1 is 0.314 bits per heavy atom. The summed E-state index contributed by atoms with van der Waals surface area (Å²) in [6, 6.07) is 0. The first-order valence-corrected chi connectivity index (χ1v) is 46.8. The smallest absolute Gasteiger partial charge is 0.462 e. The highest BCUT2D eigenvalue weighted by molar-refractivity contribution is 7.47. The van der Waals surface area contributed by atoms with Gasteiger partial charge in [-0.3, -0.25) is 37.3 Å². The number of phosphoric ester groups is 2. The minimum absolute atomic E-state index is 0.0844. The zero-order valence-electron chi connectivity index (χ0n) is 68.5. The fourth-order valence-corrected chi connectivity index (χ4v) is 14.4. The Balaban J connectivity index is 5.25. The van der Waals surface area contributed by atoms with Crippen molar-refractivity contribution in [2.24, 2.45) is 11.8 Å². The number of allylic oxidation sites excluding steroid dienone is 4. The van der Waals surface area contributed by atoms with Crippen LogP contribution in [-0.2, 0) is 65.4 Å². The van der Waals surface area contributed by atoms with E-state index in [9.17, 15) is 43.2 Å². The molecule has 19 heteroatoms. The summed E-state index contributed by atoms with van der Waals surface area (Å²) in [4.78, 5) is 73.2. The minimum Gasteiger partial charge on any atom is -0.462 e. The molecule has 17 nitrogen and oxygen atoms in total. The number of aliphatic hydroxyl groups excluding tert-OH is 1. The van der Waals surface area contributed by atoms with Crippen LogP contribution in [-0.4, -0.2) is 96.7 Å². The van der Waals surface area contributed by atoms with Gasteiger partial charge in [-0.05, 0) is 63.2 Å². The van der Waals surface area contributed by atoms with E-state index in [1.54, 1.807) is 0 Å². The standard InChI is InChI=1S/C86H164O17P2/c1-7-10-12-14-16-18-20-22-24-25-26-27-28-29-30-34-39-43-47-51-59-65-70-85(90)102-81(74-96-83(88)68-62-56-49-45-41-37-35-31-33-36-40-44-48-54-60-66-78(4)5)76-100-104(92,93)98-72-80(87)73-99-105(94,95)101-77-82(75-97-84(89)69-63-57-53-52-55-61-67-79(6)9-3)103-86(91)71-64-58-50-46-42-38-32-23-21-19-17-15-13-11-8-2/h19,21,23,32,78-82,87H,7-18,20,22,24-31,33-77H2,1-6H3,(H,92,93)(H,94,95)/b21-19-,32-23-/t79?,80-,81-,82-/m1/s1. The Bertz CT molecular complexity index is 2110. The lowest BCUT2D eigenvalue weighted by atomic mass is 10.00. The molecule has 3 N–H and O–H groups in total. The number of phosphoric acid groups is 2. The fourth-order valence-electron chi connectivity index (χ4n) is 12.8. The molecule has 105 heavy (non-hydrogen) atoms. The molecule has 0 aliphatic heterocycles. The van der Waals surface area contributed by atoms with Crippen molar-refractivity contribution < 1.29 is 80.2 Å². The van der Waals surface area contributed by atoms with Crippen molar-refractivity contribution in [2.75, 3.05) is 39.6 Å². The van der Waals surface area contributed by atoms with E-state index in [4.69, 9.17) is 37.0 Å². The van der Waals surface area contributed by atoms with E-state index in [0.717, 1.165) is 121 Å². The van der Waals surface area contributed by atoms with Gasteiger partial charge in [0.25, 0.3) is 0 Å². The maximum Gasteiger partial charge on any atom is 0.472 e. The molecule has 0 radical (unpaired) electrons. The average molecular weight is 1530 g/mol. The van der Waals surface area contributed by atoms with Gasteiger partial charge in [0.15, 0.2) is 12.2 Å². The van der Waals surface area contributed by atoms with Crippen molar-refractivity contribution in [1.82, 2.24) is 0 Å². The highest BCUT2D eigenvalue weighted by Gasteiger charge is 2.30. The van der Waals surface area contributed by atoms with Gasteiger partial charge in [0, 0.05) is 25.7 Å². The maximum atomic E-state index is 13.1. The molecule has 0 aromatic heterocycles. The number of hydrogen-bond acceptors (Lipinski definition) is 15.